The highest BCUT2D eigenvalue weighted by molar-refractivity contribution is 5.27. The largest absolute Gasteiger partial charge is 0.389 e. The van der Waals surface area contributed by atoms with Gasteiger partial charge in [-0.3, -0.25) is 0 Å². The summed E-state index contributed by atoms with van der Waals surface area (Å²) in [5, 5.41) is 3.21. The number of benzene rings is 1. The number of hydrogen-bond donors (Lipinski definition) is 1. The summed E-state index contributed by atoms with van der Waals surface area (Å²) >= 11 is 0. The molecule has 0 spiro atoms. The summed E-state index contributed by atoms with van der Waals surface area (Å²) in [5.41, 5.74) is 2.62. The highest BCUT2D eigenvalue weighted by Crippen LogP contribution is 2.37. The number of hydrogen-bond acceptors (Lipinski definition) is 1. The van der Waals surface area contributed by atoms with Crippen molar-refractivity contribution in [3.8, 4) is 0 Å². The highest BCUT2D eigenvalue weighted by atomic mass is 19.4. The summed E-state index contributed by atoms with van der Waals surface area (Å²) in [5.74, 6) is 0.569. The quantitative estimate of drug-likeness (QED) is 0.792. The molecule has 2 rings (SSSR count). The molecule has 0 atom stereocenters. The van der Waals surface area contributed by atoms with Gasteiger partial charge in [0.25, 0.3) is 0 Å². The second-order valence-electron chi connectivity index (χ2n) is 5.45. The van der Waals surface area contributed by atoms with Crippen LogP contribution in [0.25, 0.3) is 0 Å². The first-order valence-corrected chi connectivity index (χ1v) is 6.81. The molecule has 0 unspecified atom stereocenters. The van der Waals surface area contributed by atoms with E-state index in [9.17, 15) is 13.2 Å². The van der Waals surface area contributed by atoms with E-state index in [2.05, 4.69) is 36.5 Å². The molecule has 0 amide bonds. The van der Waals surface area contributed by atoms with Gasteiger partial charge in [0.05, 0.1) is 0 Å². The van der Waals surface area contributed by atoms with Crippen LogP contribution < -0.4 is 5.32 Å². The van der Waals surface area contributed by atoms with Crippen LogP contribution in [0, 0.1) is 6.92 Å². The summed E-state index contributed by atoms with van der Waals surface area (Å²) in [6, 6.07) is 8.87. The summed E-state index contributed by atoms with van der Waals surface area (Å²) < 4.78 is 35.9. The molecule has 0 bridgehead atoms. The molecule has 1 aromatic rings. The lowest BCUT2D eigenvalue weighted by atomic mass is 9.75. The molecule has 0 aromatic heterocycles. The fraction of sp³-hybridized carbons (Fsp3) is 0.600. The van der Waals surface area contributed by atoms with Gasteiger partial charge in [-0.15, -0.1) is 0 Å². The Morgan fingerprint density at radius 1 is 1.26 bits per heavy atom. The first-order chi connectivity index (χ1) is 8.94. The molecular formula is C15H20F3N. The van der Waals surface area contributed by atoms with Crippen molar-refractivity contribution in [2.45, 2.75) is 50.7 Å². The molecule has 1 nitrogen and oxygen atoms in total. The fourth-order valence-electron chi connectivity index (χ4n) is 2.58. The highest BCUT2D eigenvalue weighted by Gasteiger charge is 2.30. The van der Waals surface area contributed by atoms with Gasteiger partial charge in [-0.2, -0.15) is 13.2 Å². The van der Waals surface area contributed by atoms with Gasteiger partial charge in [-0.25, -0.2) is 0 Å². The third-order valence-electron chi connectivity index (χ3n) is 3.72. The lowest BCUT2D eigenvalue weighted by molar-refractivity contribution is -0.135. The van der Waals surface area contributed by atoms with E-state index in [1.54, 1.807) is 0 Å². The van der Waals surface area contributed by atoms with Gasteiger partial charge >= 0.3 is 6.18 Å². The van der Waals surface area contributed by atoms with E-state index in [4.69, 9.17) is 0 Å². The smallest absolute Gasteiger partial charge is 0.314 e. The summed E-state index contributed by atoms with van der Waals surface area (Å²) in [4.78, 5) is 0. The molecule has 0 saturated heterocycles. The van der Waals surface area contributed by atoms with Crippen LogP contribution in [0.4, 0.5) is 13.2 Å². The Balaban J connectivity index is 1.64. The molecule has 0 aliphatic heterocycles. The van der Waals surface area contributed by atoms with Crippen molar-refractivity contribution in [1.29, 1.82) is 0 Å². The zero-order chi connectivity index (χ0) is 13.9. The monoisotopic (exact) mass is 271 g/mol. The SMILES string of the molecule is Cc1cccc(C2CC(NCCCC(F)(F)F)C2)c1. The minimum Gasteiger partial charge on any atom is -0.314 e. The van der Waals surface area contributed by atoms with Crippen LogP contribution in [-0.2, 0) is 0 Å². The van der Waals surface area contributed by atoms with Crippen molar-refractivity contribution in [3.05, 3.63) is 35.4 Å². The summed E-state index contributed by atoms with van der Waals surface area (Å²) in [6.45, 7) is 2.54. The van der Waals surface area contributed by atoms with Crippen LogP contribution in [-0.4, -0.2) is 18.8 Å². The third kappa shape index (κ3) is 4.53. The van der Waals surface area contributed by atoms with Crippen molar-refractivity contribution in [3.63, 3.8) is 0 Å². The molecule has 19 heavy (non-hydrogen) atoms. The number of rotatable bonds is 5. The maximum atomic E-state index is 12.0. The molecule has 1 N–H and O–H groups in total. The Hall–Kier alpha value is -1.03. The number of nitrogens with one attached hydrogen (secondary N) is 1. The fourth-order valence-corrected chi connectivity index (χ4v) is 2.58. The average Bonchev–Trinajstić information content (AvgIpc) is 2.24. The molecule has 0 radical (unpaired) electrons. The Bertz CT molecular complexity index is 408. The first-order valence-electron chi connectivity index (χ1n) is 6.81. The Morgan fingerprint density at radius 3 is 2.63 bits per heavy atom. The number of aryl methyl sites for hydroxylation is 1. The van der Waals surface area contributed by atoms with Crippen LogP contribution in [0.3, 0.4) is 0 Å². The Morgan fingerprint density at radius 2 is 2.00 bits per heavy atom. The van der Waals surface area contributed by atoms with Crippen LogP contribution in [0.2, 0.25) is 0 Å². The van der Waals surface area contributed by atoms with Gasteiger partial charge < -0.3 is 5.32 Å². The van der Waals surface area contributed by atoms with Gasteiger partial charge in [0.15, 0.2) is 0 Å². The van der Waals surface area contributed by atoms with Crippen LogP contribution in [0.5, 0.6) is 0 Å². The molecule has 1 aromatic carbocycles. The number of alkyl halides is 3. The molecule has 1 aliphatic rings. The maximum Gasteiger partial charge on any atom is 0.389 e. The molecule has 0 heterocycles. The minimum atomic E-state index is -4.02. The van der Waals surface area contributed by atoms with E-state index >= 15 is 0 Å². The topological polar surface area (TPSA) is 12.0 Å². The van der Waals surface area contributed by atoms with E-state index in [-0.39, 0.29) is 6.42 Å². The second kappa shape index (κ2) is 5.95. The van der Waals surface area contributed by atoms with Gasteiger partial charge in [-0.1, -0.05) is 29.8 Å². The molecular weight excluding hydrogens is 251 g/mol. The van der Waals surface area contributed by atoms with E-state index < -0.39 is 12.6 Å². The number of halogens is 3. The standard InChI is InChI=1S/C15H20F3N/c1-11-4-2-5-12(8-11)13-9-14(10-13)19-7-3-6-15(16,17)18/h2,4-5,8,13-14,19H,3,6-7,9-10H2,1H3. The van der Waals surface area contributed by atoms with Crippen molar-refractivity contribution >= 4 is 0 Å². The second-order valence-corrected chi connectivity index (χ2v) is 5.45. The first kappa shape index (κ1) is 14.4. The summed E-state index contributed by atoms with van der Waals surface area (Å²) in [7, 11) is 0. The molecule has 4 heteroatoms. The van der Waals surface area contributed by atoms with Gasteiger partial charge in [0, 0.05) is 12.5 Å². The average molecular weight is 271 g/mol. The normalized spacial score (nSPS) is 23.2. The molecule has 106 valence electrons. The van der Waals surface area contributed by atoms with Gasteiger partial charge in [0.2, 0.25) is 0 Å². The maximum absolute atomic E-state index is 12.0. The van der Waals surface area contributed by atoms with Crippen molar-refractivity contribution in [2.24, 2.45) is 0 Å². The van der Waals surface area contributed by atoms with Crippen molar-refractivity contribution in [2.75, 3.05) is 6.54 Å². The third-order valence-corrected chi connectivity index (χ3v) is 3.72. The van der Waals surface area contributed by atoms with Crippen molar-refractivity contribution in [1.82, 2.24) is 5.32 Å². The van der Waals surface area contributed by atoms with E-state index in [0.29, 0.717) is 18.5 Å². The minimum absolute atomic E-state index is 0.176. The predicted molar refractivity (Wildman–Crippen MR) is 70.2 cm³/mol. The molecule has 1 saturated carbocycles. The van der Waals surface area contributed by atoms with Gasteiger partial charge in [0.1, 0.15) is 0 Å². The summed E-state index contributed by atoms with van der Waals surface area (Å²) in [6.07, 6.45) is -2.46. The van der Waals surface area contributed by atoms with E-state index in [0.717, 1.165) is 12.8 Å². The van der Waals surface area contributed by atoms with E-state index in [1.807, 2.05) is 0 Å². The zero-order valence-electron chi connectivity index (χ0n) is 11.1. The van der Waals surface area contributed by atoms with Crippen LogP contribution in [0.1, 0.15) is 42.7 Å². The van der Waals surface area contributed by atoms with Crippen LogP contribution in [0.15, 0.2) is 24.3 Å². The lowest BCUT2D eigenvalue weighted by Crippen LogP contribution is -2.40. The lowest BCUT2D eigenvalue weighted by Gasteiger charge is -2.36. The zero-order valence-corrected chi connectivity index (χ0v) is 11.1. The Kier molecular flexibility index (Phi) is 4.50. The van der Waals surface area contributed by atoms with Crippen molar-refractivity contribution < 1.29 is 13.2 Å². The van der Waals surface area contributed by atoms with Crippen LogP contribution >= 0.6 is 0 Å². The molecule has 1 aliphatic carbocycles. The predicted octanol–water partition coefficient (Wildman–Crippen LogP) is 4.17. The van der Waals surface area contributed by atoms with E-state index in [1.165, 1.54) is 11.1 Å². The Labute approximate surface area is 112 Å². The molecule has 1 fully saturated rings. The van der Waals surface area contributed by atoms with Gasteiger partial charge in [-0.05, 0) is 44.2 Å².